The molecule has 1 atom stereocenters. The first kappa shape index (κ1) is 22.2. The number of ketones is 1. The van der Waals surface area contributed by atoms with Crippen LogP contribution in [0.2, 0.25) is 5.02 Å². The molecule has 3 rings (SSSR count). The van der Waals surface area contributed by atoms with E-state index in [-0.39, 0.29) is 24.3 Å². The van der Waals surface area contributed by atoms with Crippen LogP contribution in [0, 0.1) is 0 Å². The molecule has 2 aromatic rings. The van der Waals surface area contributed by atoms with Crippen molar-refractivity contribution in [3.63, 3.8) is 0 Å². The number of likely N-dealkylation sites (tertiary alicyclic amines) is 1. The summed E-state index contributed by atoms with van der Waals surface area (Å²) in [4.78, 5) is 37.9. The third-order valence-electron chi connectivity index (χ3n) is 4.95. The highest BCUT2D eigenvalue weighted by atomic mass is 35.5. The Labute approximate surface area is 183 Å². The van der Waals surface area contributed by atoms with Gasteiger partial charge < -0.3 is 24.6 Å². The second kappa shape index (κ2) is 9.09. The van der Waals surface area contributed by atoms with Crippen LogP contribution in [0.15, 0.2) is 48.0 Å². The minimum atomic E-state index is -1.12. The number of nitrogens with zero attached hydrogens (tertiary/aromatic N) is 1. The van der Waals surface area contributed by atoms with E-state index in [1.165, 1.54) is 26.4 Å². The summed E-state index contributed by atoms with van der Waals surface area (Å²) in [6, 6.07) is 9.94. The normalized spacial score (nSPS) is 17.6. The molecule has 1 unspecified atom stereocenters. The fraction of sp³-hybridized carbons (Fsp3) is 0.227. The van der Waals surface area contributed by atoms with Crippen molar-refractivity contribution in [1.29, 1.82) is 0 Å². The number of carbonyl (C=O) groups is 3. The molecular formula is C22H20ClNO7. The number of carbonyl (C=O) groups excluding carboxylic acids is 2. The maximum Gasteiger partial charge on any atom is 0.305 e. The quantitative estimate of drug-likeness (QED) is 0.382. The number of carboxylic acids is 1. The Morgan fingerprint density at radius 1 is 1.03 bits per heavy atom. The Morgan fingerprint density at radius 2 is 1.68 bits per heavy atom. The minimum Gasteiger partial charge on any atom is -0.507 e. The number of hydrogen-bond acceptors (Lipinski definition) is 6. The highest BCUT2D eigenvalue weighted by Gasteiger charge is 2.46. The molecule has 8 nitrogen and oxygen atoms in total. The van der Waals surface area contributed by atoms with E-state index in [0.29, 0.717) is 27.6 Å². The summed E-state index contributed by atoms with van der Waals surface area (Å²) >= 11 is 5.90. The van der Waals surface area contributed by atoms with Crippen LogP contribution in [-0.2, 0) is 14.4 Å². The molecule has 9 heteroatoms. The zero-order valence-electron chi connectivity index (χ0n) is 16.8. The number of amides is 1. The van der Waals surface area contributed by atoms with Gasteiger partial charge in [-0.1, -0.05) is 17.7 Å². The molecular weight excluding hydrogens is 426 g/mol. The van der Waals surface area contributed by atoms with Crippen LogP contribution in [0.25, 0.3) is 5.76 Å². The van der Waals surface area contributed by atoms with E-state index < -0.39 is 23.7 Å². The summed E-state index contributed by atoms with van der Waals surface area (Å²) < 4.78 is 10.5. The van der Waals surface area contributed by atoms with Gasteiger partial charge in [-0.25, -0.2) is 0 Å². The molecule has 2 aromatic carbocycles. The average Bonchev–Trinajstić information content (AvgIpc) is 3.01. The Bertz CT molecular complexity index is 1060. The molecule has 1 fully saturated rings. The second-order valence-electron chi connectivity index (χ2n) is 6.76. The standard InChI is InChI=1S/C22H20ClNO7/c1-30-15-8-5-13(11-16(15)31-2)19-18(20(27)12-3-6-14(23)7-4-12)21(28)22(29)24(19)10-9-17(25)26/h3-8,11,19,27H,9-10H2,1-2H3,(H,25,26)/b20-18+. The van der Waals surface area contributed by atoms with Crippen LogP contribution >= 0.6 is 11.6 Å². The summed E-state index contributed by atoms with van der Waals surface area (Å²) in [5.41, 5.74) is 0.605. The van der Waals surface area contributed by atoms with Crippen molar-refractivity contribution in [3.8, 4) is 11.5 Å². The summed E-state index contributed by atoms with van der Waals surface area (Å²) in [6.45, 7) is -0.212. The van der Waals surface area contributed by atoms with Crippen molar-refractivity contribution in [3.05, 3.63) is 64.2 Å². The number of benzene rings is 2. The topological polar surface area (TPSA) is 113 Å². The van der Waals surface area contributed by atoms with Gasteiger partial charge in [-0.15, -0.1) is 0 Å². The second-order valence-corrected chi connectivity index (χ2v) is 7.19. The maximum atomic E-state index is 12.9. The number of rotatable bonds is 7. The number of carboxylic acid groups (broad SMARTS) is 1. The highest BCUT2D eigenvalue weighted by molar-refractivity contribution is 6.46. The molecule has 1 amide bonds. The molecule has 2 N–H and O–H groups in total. The van der Waals surface area contributed by atoms with Gasteiger partial charge in [-0.2, -0.15) is 0 Å². The lowest BCUT2D eigenvalue weighted by Gasteiger charge is -2.25. The van der Waals surface area contributed by atoms with Gasteiger partial charge in [0.1, 0.15) is 5.76 Å². The predicted octanol–water partition coefficient (Wildman–Crippen LogP) is 3.25. The van der Waals surface area contributed by atoms with Crippen LogP contribution in [-0.4, -0.2) is 53.5 Å². The Kier molecular flexibility index (Phi) is 6.50. The Morgan fingerprint density at radius 3 is 2.26 bits per heavy atom. The lowest BCUT2D eigenvalue weighted by atomic mass is 9.95. The number of aliphatic carboxylic acids is 1. The van der Waals surface area contributed by atoms with Crippen LogP contribution in [0.3, 0.4) is 0 Å². The van der Waals surface area contributed by atoms with E-state index in [9.17, 15) is 19.5 Å². The first-order valence-electron chi connectivity index (χ1n) is 9.26. The van der Waals surface area contributed by atoms with Crippen molar-refractivity contribution < 1.29 is 34.1 Å². The number of methoxy groups -OCH3 is 2. The number of Topliss-reactive ketones (excluding diaryl/α,β-unsaturated/α-hetero) is 1. The SMILES string of the molecule is COc1ccc(C2/C(=C(\O)c3ccc(Cl)cc3)C(=O)C(=O)N2CCC(=O)O)cc1OC. The monoisotopic (exact) mass is 445 g/mol. The molecule has 0 radical (unpaired) electrons. The van der Waals surface area contributed by atoms with Crippen LogP contribution in [0.1, 0.15) is 23.6 Å². The maximum absolute atomic E-state index is 12.9. The number of aliphatic hydroxyl groups excluding tert-OH is 1. The number of hydrogen-bond donors (Lipinski definition) is 2. The van der Waals surface area contributed by atoms with Crippen molar-refractivity contribution in [1.82, 2.24) is 4.90 Å². The third-order valence-corrected chi connectivity index (χ3v) is 5.20. The van der Waals surface area contributed by atoms with Crippen LogP contribution in [0.4, 0.5) is 0 Å². The van der Waals surface area contributed by atoms with E-state index in [4.69, 9.17) is 26.2 Å². The molecule has 31 heavy (non-hydrogen) atoms. The molecule has 0 aliphatic carbocycles. The minimum absolute atomic E-state index is 0.148. The van der Waals surface area contributed by atoms with E-state index >= 15 is 0 Å². The molecule has 1 aliphatic rings. The zero-order chi connectivity index (χ0) is 22.7. The summed E-state index contributed by atoms with van der Waals surface area (Å²) in [7, 11) is 2.91. The molecule has 162 valence electrons. The smallest absolute Gasteiger partial charge is 0.305 e. The zero-order valence-corrected chi connectivity index (χ0v) is 17.5. The molecule has 1 heterocycles. The van der Waals surface area contributed by atoms with Gasteiger partial charge in [0.15, 0.2) is 11.5 Å². The number of aliphatic hydroxyl groups is 1. The lowest BCUT2D eigenvalue weighted by molar-refractivity contribution is -0.142. The van der Waals surface area contributed by atoms with Gasteiger partial charge in [0.25, 0.3) is 11.7 Å². The van der Waals surface area contributed by atoms with E-state index in [1.54, 1.807) is 30.3 Å². The Hall–Kier alpha value is -3.52. The first-order valence-corrected chi connectivity index (χ1v) is 9.64. The summed E-state index contributed by atoms with van der Waals surface area (Å²) in [5, 5.41) is 20.4. The molecule has 1 saturated heterocycles. The number of ether oxygens (including phenoxy) is 2. The predicted molar refractivity (Wildman–Crippen MR) is 112 cm³/mol. The Balaban J connectivity index is 2.19. The third kappa shape index (κ3) is 4.34. The summed E-state index contributed by atoms with van der Waals surface area (Å²) in [6.07, 6.45) is -0.363. The van der Waals surface area contributed by atoms with Crippen molar-refractivity contribution in [2.75, 3.05) is 20.8 Å². The molecule has 0 spiro atoms. The fourth-order valence-corrected chi connectivity index (χ4v) is 3.59. The molecule has 0 saturated carbocycles. The molecule has 0 aromatic heterocycles. The fourth-order valence-electron chi connectivity index (χ4n) is 3.46. The number of halogens is 1. The van der Waals surface area contributed by atoms with Gasteiger partial charge in [0.2, 0.25) is 0 Å². The lowest BCUT2D eigenvalue weighted by Crippen LogP contribution is -2.31. The highest BCUT2D eigenvalue weighted by Crippen LogP contribution is 2.42. The van der Waals surface area contributed by atoms with Crippen molar-refractivity contribution in [2.45, 2.75) is 12.5 Å². The van der Waals surface area contributed by atoms with Gasteiger partial charge in [0.05, 0.1) is 32.3 Å². The van der Waals surface area contributed by atoms with Gasteiger partial charge >= 0.3 is 5.97 Å². The summed E-state index contributed by atoms with van der Waals surface area (Å²) in [5.74, 6) is -2.51. The largest absolute Gasteiger partial charge is 0.507 e. The molecule has 1 aliphatic heterocycles. The molecule has 0 bridgehead atoms. The van der Waals surface area contributed by atoms with Gasteiger partial charge in [-0.3, -0.25) is 14.4 Å². The van der Waals surface area contributed by atoms with Gasteiger partial charge in [-0.05, 0) is 42.0 Å². The van der Waals surface area contributed by atoms with Crippen molar-refractivity contribution in [2.24, 2.45) is 0 Å². The van der Waals surface area contributed by atoms with E-state index in [0.717, 1.165) is 4.90 Å². The van der Waals surface area contributed by atoms with Crippen LogP contribution in [0.5, 0.6) is 11.5 Å². The first-order chi connectivity index (χ1) is 14.8. The van der Waals surface area contributed by atoms with Gasteiger partial charge in [0, 0.05) is 17.1 Å². The average molecular weight is 446 g/mol. The van der Waals surface area contributed by atoms with Crippen LogP contribution < -0.4 is 9.47 Å². The van der Waals surface area contributed by atoms with E-state index in [2.05, 4.69) is 0 Å². The van der Waals surface area contributed by atoms with E-state index in [1.807, 2.05) is 0 Å². The van der Waals surface area contributed by atoms with Crippen molar-refractivity contribution >= 4 is 35.0 Å².